The lowest BCUT2D eigenvalue weighted by atomic mass is 10.1. The summed E-state index contributed by atoms with van der Waals surface area (Å²) in [5, 5.41) is 5.32. The van der Waals surface area contributed by atoms with Crippen LogP contribution >= 0.6 is 0 Å². The zero-order valence-corrected chi connectivity index (χ0v) is 17.0. The number of ether oxygens (including phenoxy) is 1. The standard InChI is InChI=1S/C21H23N7O2/c1-14-9-19(28-21(25-14)23-13-24-28)26-5-7-27(8-6-26)20(29)10-15-12-22-18-4-3-16(30-2)11-17(15)18/h3-4,9,11-13,22H,5-8,10H2,1-2H3. The van der Waals surface area contributed by atoms with Gasteiger partial charge in [0.15, 0.2) is 0 Å². The summed E-state index contributed by atoms with van der Waals surface area (Å²) in [6, 6.07) is 7.87. The summed E-state index contributed by atoms with van der Waals surface area (Å²) in [6.07, 6.45) is 3.80. The van der Waals surface area contributed by atoms with Gasteiger partial charge in [0.25, 0.3) is 5.78 Å². The first-order valence-electron chi connectivity index (χ1n) is 9.96. The Balaban J connectivity index is 1.29. The Hall–Kier alpha value is -3.62. The van der Waals surface area contributed by atoms with Gasteiger partial charge in [-0.1, -0.05) is 0 Å². The average molecular weight is 405 g/mol. The number of carbonyl (C=O) groups excluding carboxylic acids is 1. The number of fused-ring (bicyclic) bond motifs is 2. The molecule has 1 saturated heterocycles. The predicted octanol–water partition coefficient (Wildman–Crippen LogP) is 1.81. The first-order valence-corrected chi connectivity index (χ1v) is 9.96. The van der Waals surface area contributed by atoms with Gasteiger partial charge in [-0.15, -0.1) is 0 Å². The minimum atomic E-state index is 0.134. The van der Waals surface area contributed by atoms with Gasteiger partial charge in [-0.2, -0.15) is 14.6 Å². The summed E-state index contributed by atoms with van der Waals surface area (Å²) >= 11 is 0. The fourth-order valence-corrected chi connectivity index (χ4v) is 4.03. The number of rotatable bonds is 4. The predicted molar refractivity (Wildman–Crippen MR) is 113 cm³/mol. The largest absolute Gasteiger partial charge is 0.497 e. The monoisotopic (exact) mass is 405 g/mol. The molecule has 1 aliphatic rings. The normalized spacial score (nSPS) is 14.6. The van der Waals surface area contributed by atoms with Crippen molar-refractivity contribution in [3.8, 4) is 5.75 Å². The Labute approximate surface area is 173 Å². The first kappa shape index (κ1) is 18.4. The number of aryl methyl sites for hydroxylation is 1. The molecule has 0 saturated carbocycles. The number of nitrogens with one attached hydrogen (secondary N) is 1. The van der Waals surface area contributed by atoms with Crippen molar-refractivity contribution in [2.45, 2.75) is 13.3 Å². The number of piperazine rings is 1. The van der Waals surface area contributed by atoms with Crippen molar-refractivity contribution in [3.05, 3.63) is 48.0 Å². The van der Waals surface area contributed by atoms with Gasteiger partial charge in [0.05, 0.1) is 13.5 Å². The van der Waals surface area contributed by atoms with Gasteiger partial charge >= 0.3 is 0 Å². The molecule has 0 unspecified atom stereocenters. The molecule has 3 aromatic heterocycles. The molecule has 0 aliphatic carbocycles. The lowest BCUT2D eigenvalue weighted by molar-refractivity contribution is -0.130. The van der Waals surface area contributed by atoms with E-state index >= 15 is 0 Å². The Morgan fingerprint density at radius 1 is 1.20 bits per heavy atom. The van der Waals surface area contributed by atoms with Crippen LogP contribution in [0.2, 0.25) is 0 Å². The van der Waals surface area contributed by atoms with Crippen molar-refractivity contribution in [1.82, 2.24) is 29.5 Å². The maximum Gasteiger partial charge on any atom is 0.254 e. The molecular formula is C21H23N7O2. The van der Waals surface area contributed by atoms with Gasteiger partial charge in [-0.05, 0) is 30.7 Å². The van der Waals surface area contributed by atoms with Crippen LogP contribution in [0.15, 0.2) is 36.8 Å². The second-order valence-corrected chi connectivity index (χ2v) is 7.50. The molecular weight excluding hydrogens is 382 g/mol. The number of hydrogen-bond donors (Lipinski definition) is 1. The van der Waals surface area contributed by atoms with Crippen LogP contribution in [-0.4, -0.2) is 68.7 Å². The third-order valence-corrected chi connectivity index (χ3v) is 5.63. The minimum Gasteiger partial charge on any atom is -0.497 e. The van der Waals surface area contributed by atoms with Gasteiger partial charge in [-0.25, -0.2) is 4.98 Å². The molecule has 9 heteroatoms. The summed E-state index contributed by atoms with van der Waals surface area (Å²) < 4.78 is 7.08. The quantitative estimate of drug-likeness (QED) is 0.557. The summed E-state index contributed by atoms with van der Waals surface area (Å²) in [5.74, 6) is 2.48. The van der Waals surface area contributed by atoms with Crippen molar-refractivity contribution < 1.29 is 9.53 Å². The maximum atomic E-state index is 13.0. The maximum absolute atomic E-state index is 13.0. The molecule has 1 amide bonds. The molecule has 0 radical (unpaired) electrons. The summed E-state index contributed by atoms with van der Waals surface area (Å²) in [5.41, 5.74) is 2.90. The van der Waals surface area contributed by atoms with Gasteiger partial charge in [0.2, 0.25) is 5.91 Å². The lowest BCUT2D eigenvalue weighted by Crippen LogP contribution is -2.49. The Kier molecular flexibility index (Phi) is 4.50. The highest BCUT2D eigenvalue weighted by Crippen LogP contribution is 2.25. The van der Waals surface area contributed by atoms with E-state index in [-0.39, 0.29) is 5.91 Å². The van der Waals surface area contributed by atoms with E-state index < -0.39 is 0 Å². The highest BCUT2D eigenvalue weighted by atomic mass is 16.5. The zero-order chi connectivity index (χ0) is 20.7. The number of hydrogen-bond acceptors (Lipinski definition) is 6. The lowest BCUT2D eigenvalue weighted by Gasteiger charge is -2.36. The van der Waals surface area contributed by atoms with Gasteiger partial charge < -0.3 is 19.5 Å². The Morgan fingerprint density at radius 2 is 2.03 bits per heavy atom. The molecule has 4 aromatic rings. The van der Waals surface area contributed by atoms with Crippen LogP contribution in [0.1, 0.15) is 11.3 Å². The molecule has 9 nitrogen and oxygen atoms in total. The van der Waals surface area contributed by atoms with E-state index in [2.05, 4.69) is 25.0 Å². The molecule has 1 aliphatic heterocycles. The van der Waals surface area contributed by atoms with Crippen molar-refractivity contribution in [3.63, 3.8) is 0 Å². The molecule has 1 N–H and O–H groups in total. The number of H-pyrrole nitrogens is 1. The second kappa shape index (κ2) is 7.33. The van der Waals surface area contributed by atoms with E-state index in [9.17, 15) is 4.79 Å². The van der Waals surface area contributed by atoms with Crippen molar-refractivity contribution in [2.75, 3.05) is 38.2 Å². The molecule has 0 atom stereocenters. The number of nitrogens with zero attached hydrogens (tertiary/aromatic N) is 6. The van der Waals surface area contributed by atoms with Crippen molar-refractivity contribution >= 4 is 28.4 Å². The summed E-state index contributed by atoms with van der Waals surface area (Å²) in [7, 11) is 1.65. The number of methoxy groups -OCH3 is 1. The highest BCUT2D eigenvalue weighted by Gasteiger charge is 2.24. The van der Waals surface area contributed by atoms with Crippen LogP contribution in [0.5, 0.6) is 5.75 Å². The number of benzene rings is 1. The summed E-state index contributed by atoms with van der Waals surface area (Å²) in [6.45, 7) is 4.77. The number of aromatic amines is 1. The number of carbonyl (C=O) groups is 1. The zero-order valence-electron chi connectivity index (χ0n) is 17.0. The summed E-state index contributed by atoms with van der Waals surface area (Å²) in [4.78, 5) is 29.0. The number of aromatic nitrogens is 5. The van der Waals surface area contributed by atoms with Crippen LogP contribution in [0.3, 0.4) is 0 Å². The van der Waals surface area contributed by atoms with E-state index in [0.717, 1.165) is 46.8 Å². The van der Waals surface area contributed by atoms with E-state index in [1.165, 1.54) is 6.33 Å². The molecule has 154 valence electrons. The van der Waals surface area contributed by atoms with Crippen LogP contribution in [0.4, 0.5) is 5.82 Å². The van der Waals surface area contributed by atoms with E-state index in [1.807, 2.05) is 42.3 Å². The highest BCUT2D eigenvalue weighted by molar-refractivity contribution is 5.89. The fraction of sp³-hybridized carbons (Fsp3) is 0.333. The molecule has 0 bridgehead atoms. The van der Waals surface area contributed by atoms with Crippen LogP contribution in [-0.2, 0) is 11.2 Å². The molecule has 30 heavy (non-hydrogen) atoms. The SMILES string of the molecule is COc1ccc2[nH]cc(CC(=O)N3CCN(c4cc(C)nc5ncnn45)CC3)c2c1. The Morgan fingerprint density at radius 3 is 2.83 bits per heavy atom. The second-order valence-electron chi connectivity index (χ2n) is 7.50. The third kappa shape index (κ3) is 3.22. The molecule has 1 aromatic carbocycles. The molecule has 4 heterocycles. The van der Waals surface area contributed by atoms with Crippen molar-refractivity contribution in [1.29, 1.82) is 0 Å². The smallest absolute Gasteiger partial charge is 0.254 e. The number of anilines is 1. The number of amides is 1. The van der Waals surface area contributed by atoms with Gasteiger partial charge in [-0.3, -0.25) is 4.79 Å². The molecule has 5 rings (SSSR count). The van der Waals surface area contributed by atoms with Crippen LogP contribution in [0.25, 0.3) is 16.7 Å². The topological polar surface area (TPSA) is 91.7 Å². The van der Waals surface area contributed by atoms with E-state index in [0.29, 0.717) is 25.3 Å². The van der Waals surface area contributed by atoms with Gasteiger partial charge in [0.1, 0.15) is 17.9 Å². The van der Waals surface area contributed by atoms with E-state index in [1.54, 1.807) is 11.6 Å². The minimum absolute atomic E-state index is 0.134. The van der Waals surface area contributed by atoms with Crippen molar-refractivity contribution in [2.24, 2.45) is 0 Å². The van der Waals surface area contributed by atoms with Crippen LogP contribution in [0, 0.1) is 6.92 Å². The van der Waals surface area contributed by atoms with E-state index in [4.69, 9.17) is 4.74 Å². The van der Waals surface area contributed by atoms with Crippen LogP contribution < -0.4 is 9.64 Å². The average Bonchev–Trinajstić information content (AvgIpc) is 3.40. The first-order chi connectivity index (χ1) is 14.6. The fourth-order valence-electron chi connectivity index (χ4n) is 4.03. The molecule has 0 spiro atoms. The molecule has 1 fully saturated rings. The Bertz CT molecular complexity index is 1220. The third-order valence-electron chi connectivity index (χ3n) is 5.63. The van der Waals surface area contributed by atoms with Gasteiger partial charge in [0, 0.05) is 55.0 Å².